The van der Waals surface area contributed by atoms with E-state index in [9.17, 15) is 4.79 Å². The Hall–Kier alpha value is -3.03. The van der Waals surface area contributed by atoms with Crippen molar-refractivity contribution in [2.75, 3.05) is 27.4 Å². The lowest BCUT2D eigenvalue weighted by Crippen LogP contribution is -2.43. The zero-order chi connectivity index (χ0) is 24.6. The fraction of sp³-hybridized carbons (Fsp3) is 0.483. The van der Waals surface area contributed by atoms with E-state index >= 15 is 0 Å². The highest BCUT2D eigenvalue weighted by Gasteiger charge is 2.39. The summed E-state index contributed by atoms with van der Waals surface area (Å²) >= 11 is 0. The van der Waals surface area contributed by atoms with E-state index in [1.807, 2.05) is 42.5 Å². The number of fused-ring (bicyclic) bond motifs is 3. The molecule has 0 saturated carbocycles. The van der Waals surface area contributed by atoms with Crippen LogP contribution in [0.4, 0.5) is 0 Å². The molecule has 0 radical (unpaired) electrons. The Morgan fingerprint density at radius 2 is 1.83 bits per heavy atom. The molecule has 0 N–H and O–H groups in total. The van der Waals surface area contributed by atoms with Crippen molar-refractivity contribution >= 4 is 10.8 Å². The van der Waals surface area contributed by atoms with Crippen LogP contribution >= 0.6 is 0 Å². The molecule has 3 aliphatic rings. The third kappa shape index (κ3) is 4.46. The molecule has 2 aromatic carbocycles. The quantitative estimate of drug-likeness (QED) is 0.484. The van der Waals surface area contributed by atoms with Crippen LogP contribution in [0.15, 0.2) is 53.5 Å². The number of hydrogen-bond donors (Lipinski definition) is 0. The van der Waals surface area contributed by atoms with Gasteiger partial charge in [0, 0.05) is 36.3 Å². The van der Waals surface area contributed by atoms with Crippen LogP contribution in [0, 0.1) is 0 Å². The maximum Gasteiger partial charge on any atom is 0.262 e. The zero-order valence-electron chi connectivity index (χ0n) is 21.0. The van der Waals surface area contributed by atoms with Gasteiger partial charge in [0.25, 0.3) is 5.56 Å². The van der Waals surface area contributed by atoms with Crippen LogP contribution in [0.5, 0.6) is 17.2 Å². The minimum atomic E-state index is -0.0826. The van der Waals surface area contributed by atoms with Gasteiger partial charge in [-0.05, 0) is 87.4 Å². The second-order valence-electron chi connectivity index (χ2n) is 10.3. The van der Waals surface area contributed by atoms with Crippen molar-refractivity contribution in [2.24, 2.45) is 0 Å². The van der Waals surface area contributed by atoms with Gasteiger partial charge in [0.05, 0.1) is 18.9 Å². The van der Waals surface area contributed by atoms with Crippen LogP contribution in [-0.4, -0.2) is 61.1 Å². The molecular formula is C29H34N2O5. The maximum atomic E-state index is 13.3. The molecule has 0 amide bonds. The molecule has 0 aliphatic carbocycles. The zero-order valence-corrected chi connectivity index (χ0v) is 21.0. The second-order valence-corrected chi connectivity index (χ2v) is 10.3. The van der Waals surface area contributed by atoms with E-state index in [1.54, 1.807) is 17.9 Å². The standard InChI is InChI=1S/C29H34N2O5/c1-30-20-5-6-21(30)16-25(15-20)36-27-10-7-22(17-28(27)33-2)31-12-11-19-14-23(8-9-26(19)29(31)32)35-18-24-4-3-13-34-24/h7-12,14,17,20-21,24-25H,3-6,13,15-16,18H2,1-2H3/t20-,21+,24-,25?/m0/s1. The van der Waals surface area contributed by atoms with Crippen LogP contribution in [0.1, 0.15) is 38.5 Å². The Bertz CT molecular complexity index is 1280. The monoisotopic (exact) mass is 490 g/mol. The summed E-state index contributed by atoms with van der Waals surface area (Å²) in [5.74, 6) is 2.13. The van der Waals surface area contributed by atoms with Gasteiger partial charge >= 0.3 is 0 Å². The molecule has 1 unspecified atom stereocenters. The first kappa shape index (κ1) is 23.4. The molecule has 1 aromatic heterocycles. The van der Waals surface area contributed by atoms with Gasteiger partial charge in [-0.25, -0.2) is 0 Å². The van der Waals surface area contributed by atoms with Crippen LogP contribution in [0.25, 0.3) is 16.5 Å². The predicted molar refractivity (Wildman–Crippen MR) is 139 cm³/mol. The lowest BCUT2D eigenvalue weighted by atomic mass is 10.0. The summed E-state index contributed by atoms with van der Waals surface area (Å²) in [6, 6.07) is 14.5. The summed E-state index contributed by atoms with van der Waals surface area (Å²) in [7, 11) is 3.88. The van der Waals surface area contributed by atoms with Crippen LogP contribution in [0.3, 0.4) is 0 Å². The molecule has 3 aromatic rings. The molecule has 190 valence electrons. The predicted octanol–water partition coefficient (Wildman–Crippen LogP) is 4.56. The third-order valence-electron chi connectivity index (χ3n) is 8.11. The van der Waals surface area contributed by atoms with E-state index < -0.39 is 0 Å². The average molecular weight is 491 g/mol. The normalized spacial score (nSPS) is 25.8. The first-order chi connectivity index (χ1) is 17.6. The summed E-state index contributed by atoms with van der Waals surface area (Å²) in [6.45, 7) is 1.35. The number of benzene rings is 2. The molecule has 4 heterocycles. The van der Waals surface area contributed by atoms with Gasteiger partial charge in [-0.1, -0.05) is 0 Å². The highest BCUT2D eigenvalue weighted by molar-refractivity contribution is 5.83. The second kappa shape index (κ2) is 9.79. The molecule has 0 spiro atoms. The summed E-state index contributed by atoms with van der Waals surface area (Å²) < 4.78 is 25.3. The minimum Gasteiger partial charge on any atom is -0.493 e. The van der Waals surface area contributed by atoms with E-state index in [-0.39, 0.29) is 17.8 Å². The maximum absolute atomic E-state index is 13.3. The molecule has 7 heteroatoms. The van der Waals surface area contributed by atoms with Crippen molar-refractivity contribution < 1.29 is 18.9 Å². The molecule has 7 nitrogen and oxygen atoms in total. The number of ether oxygens (including phenoxy) is 4. The molecular weight excluding hydrogens is 456 g/mol. The fourth-order valence-electron chi connectivity index (χ4n) is 6.02. The van der Waals surface area contributed by atoms with E-state index in [0.29, 0.717) is 29.8 Å². The number of aromatic nitrogens is 1. The summed E-state index contributed by atoms with van der Waals surface area (Å²) in [6.07, 6.45) is 8.87. The van der Waals surface area contributed by atoms with Crippen molar-refractivity contribution in [3.05, 3.63) is 59.0 Å². The van der Waals surface area contributed by atoms with Crippen molar-refractivity contribution in [1.82, 2.24) is 9.47 Å². The summed E-state index contributed by atoms with van der Waals surface area (Å²) in [5, 5.41) is 1.49. The van der Waals surface area contributed by atoms with Gasteiger partial charge in [0.15, 0.2) is 11.5 Å². The fourth-order valence-corrected chi connectivity index (χ4v) is 6.02. The highest BCUT2D eigenvalue weighted by atomic mass is 16.5. The number of nitrogens with zero attached hydrogens (tertiary/aromatic N) is 2. The highest BCUT2D eigenvalue weighted by Crippen LogP contribution is 2.38. The molecule has 3 fully saturated rings. The van der Waals surface area contributed by atoms with Crippen LogP contribution < -0.4 is 19.8 Å². The molecule has 6 rings (SSSR count). The van der Waals surface area contributed by atoms with Crippen LogP contribution in [0.2, 0.25) is 0 Å². The van der Waals surface area contributed by atoms with E-state index in [0.717, 1.165) is 54.9 Å². The molecule has 4 atom stereocenters. The van der Waals surface area contributed by atoms with Crippen molar-refractivity contribution in [2.45, 2.75) is 62.8 Å². The summed E-state index contributed by atoms with van der Waals surface area (Å²) in [4.78, 5) is 15.8. The molecule has 36 heavy (non-hydrogen) atoms. The Morgan fingerprint density at radius 1 is 1.00 bits per heavy atom. The average Bonchev–Trinajstić information content (AvgIpc) is 3.48. The van der Waals surface area contributed by atoms with Gasteiger partial charge in [-0.2, -0.15) is 0 Å². The van der Waals surface area contributed by atoms with Gasteiger partial charge in [-0.3, -0.25) is 9.36 Å². The summed E-state index contributed by atoms with van der Waals surface area (Å²) in [5.41, 5.74) is 0.661. The number of pyridine rings is 1. The minimum absolute atomic E-state index is 0.0826. The van der Waals surface area contributed by atoms with Crippen molar-refractivity contribution in [1.29, 1.82) is 0 Å². The Labute approximate surface area is 211 Å². The van der Waals surface area contributed by atoms with Gasteiger partial charge < -0.3 is 23.8 Å². The SMILES string of the molecule is COc1cc(-n2ccc3cc(OC[C@@H]4CCCO4)ccc3c2=O)ccc1OC1C[C@H]2CC[C@@H](C1)N2C. The lowest BCUT2D eigenvalue weighted by Gasteiger charge is -2.36. The Balaban J connectivity index is 1.21. The van der Waals surface area contributed by atoms with Gasteiger partial charge in [0.1, 0.15) is 18.5 Å². The number of hydrogen-bond acceptors (Lipinski definition) is 6. The van der Waals surface area contributed by atoms with Crippen LogP contribution in [-0.2, 0) is 4.74 Å². The smallest absolute Gasteiger partial charge is 0.262 e. The van der Waals surface area contributed by atoms with E-state index in [4.69, 9.17) is 18.9 Å². The van der Waals surface area contributed by atoms with E-state index in [1.165, 1.54) is 12.8 Å². The number of methoxy groups -OCH3 is 1. The molecule has 3 saturated heterocycles. The van der Waals surface area contributed by atoms with Crippen molar-refractivity contribution in [3.8, 4) is 22.9 Å². The first-order valence-electron chi connectivity index (χ1n) is 13.1. The first-order valence-corrected chi connectivity index (χ1v) is 13.1. The molecule has 3 aliphatic heterocycles. The molecule has 2 bridgehead atoms. The van der Waals surface area contributed by atoms with Crippen molar-refractivity contribution in [3.63, 3.8) is 0 Å². The van der Waals surface area contributed by atoms with Gasteiger partial charge in [0.2, 0.25) is 0 Å². The number of piperidine rings is 1. The Morgan fingerprint density at radius 3 is 2.58 bits per heavy atom. The Kier molecular flexibility index (Phi) is 6.36. The van der Waals surface area contributed by atoms with E-state index in [2.05, 4.69) is 11.9 Å². The van der Waals surface area contributed by atoms with Gasteiger partial charge in [-0.15, -0.1) is 0 Å². The third-order valence-corrected chi connectivity index (χ3v) is 8.11. The lowest BCUT2D eigenvalue weighted by molar-refractivity contribution is 0.0643. The largest absolute Gasteiger partial charge is 0.493 e. The topological polar surface area (TPSA) is 62.2 Å². The number of rotatable bonds is 7.